The molecule has 2 aromatic heterocycles. The van der Waals surface area contributed by atoms with Crippen LogP contribution >= 0.6 is 0 Å². The van der Waals surface area contributed by atoms with E-state index in [0.717, 1.165) is 43.0 Å². The van der Waals surface area contributed by atoms with Crippen LogP contribution in [0.3, 0.4) is 0 Å². The van der Waals surface area contributed by atoms with Crippen molar-refractivity contribution in [3.63, 3.8) is 0 Å². The molecule has 0 spiro atoms. The van der Waals surface area contributed by atoms with Crippen molar-refractivity contribution in [2.45, 2.75) is 12.4 Å². The Labute approximate surface area is 243 Å². The SMILES string of the molecule is CN1C(=O)CNc2nc(-c3cccc(C(F)(F)F)c3)ccc21.CN1CCNc2nc(-c3cccc(C(F)(F)F)c3)ccc21. The number of fused-ring (bicyclic) bond motifs is 2. The number of pyridine rings is 2. The highest BCUT2D eigenvalue weighted by Gasteiger charge is 2.31. The Balaban J connectivity index is 0.000000171. The molecule has 0 aliphatic carbocycles. The van der Waals surface area contributed by atoms with Crippen molar-refractivity contribution in [1.29, 1.82) is 0 Å². The molecule has 0 saturated heterocycles. The first-order chi connectivity index (χ1) is 20.3. The van der Waals surface area contributed by atoms with Gasteiger partial charge in [-0.05, 0) is 48.5 Å². The molecule has 4 heterocycles. The van der Waals surface area contributed by atoms with Crippen LogP contribution in [-0.2, 0) is 17.1 Å². The van der Waals surface area contributed by atoms with Gasteiger partial charge in [-0.25, -0.2) is 9.97 Å². The zero-order valence-electron chi connectivity index (χ0n) is 23.0. The monoisotopic (exact) mass is 600 g/mol. The highest BCUT2D eigenvalue weighted by atomic mass is 19.4. The first-order valence-corrected chi connectivity index (χ1v) is 13.1. The fraction of sp³-hybridized carbons (Fsp3) is 0.233. The lowest BCUT2D eigenvalue weighted by Gasteiger charge is -2.27. The third kappa shape index (κ3) is 6.50. The molecule has 2 aliphatic heterocycles. The van der Waals surface area contributed by atoms with Gasteiger partial charge in [0.25, 0.3) is 0 Å². The number of nitrogens with one attached hydrogen (secondary N) is 2. The molecule has 0 bridgehead atoms. The van der Waals surface area contributed by atoms with Gasteiger partial charge >= 0.3 is 12.4 Å². The Hall–Kier alpha value is -4.81. The van der Waals surface area contributed by atoms with Crippen molar-refractivity contribution < 1.29 is 31.1 Å². The number of rotatable bonds is 2. The van der Waals surface area contributed by atoms with Crippen LogP contribution in [0.1, 0.15) is 11.1 Å². The van der Waals surface area contributed by atoms with E-state index in [-0.39, 0.29) is 12.5 Å². The minimum atomic E-state index is -4.39. The molecule has 7 nitrogen and oxygen atoms in total. The molecule has 4 aromatic rings. The molecule has 2 N–H and O–H groups in total. The third-order valence-electron chi connectivity index (χ3n) is 7.01. The lowest BCUT2D eigenvalue weighted by atomic mass is 10.1. The second-order valence-corrected chi connectivity index (χ2v) is 9.94. The number of nitrogens with zero attached hydrogens (tertiary/aromatic N) is 4. The number of alkyl halides is 6. The molecule has 0 unspecified atom stereocenters. The number of amides is 1. The lowest BCUT2D eigenvalue weighted by molar-refractivity contribution is -0.138. The number of carbonyl (C=O) groups is 1. The molecule has 13 heteroatoms. The molecule has 0 saturated carbocycles. The van der Waals surface area contributed by atoms with E-state index in [1.807, 2.05) is 13.1 Å². The van der Waals surface area contributed by atoms with Gasteiger partial charge in [-0.2, -0.15) is 26.3 Å². The lowest BCUT2D eigenvalue weighted by Crippen LogP contribution is -2.37. The van der Waals surface area contributed by atoms with Crippen LogP contribution < -0.4 is 20.4 Å². The molecule has 43 heavy (non-hydrogen) atoms. The third-order valence-corrected chi connectivity index (χ3v) is 7.01. The maximum atomic E-state index is 12.8. The molecule has 0 atom stereocenters. The molecule has 0 fully saturated rings. The quantitative estimate of drug-likeness (QED) is 0.247. The Morgan fingerprint density at radius 2 is 1.21 bits per heavy atom. The van der Waals surface area contributed by atoms with Crippen LogP contribution in [0.15, 0.2) is 72.8 Å². The van der Waals surface area contributed by atoms with Crippen molar-refractivity contribution in [3.8, 4) is 22.5 Å². The predicted molar refractivity (Wildman–Crippen MR) is 153 cm³/mol. The summed E-state index contributed by atoms with van der Waals surface area (Å²) < 4.78 is 76.6. The van der Waals surface area contributed by atoms with E-state index in [9.17, 15) is 31.1 Å². The average molecular weight is 601 g/mol. The smallest absolute Gasteiger partial charge is 0.370 e. The zero-order valence-corrected chi connectivity index (χ0v) is 23.0. The van der Waals surface area contributed by atoms with E-state index in [4.69, 9.17) is 0 Å². The summed E-state index contributed by atoms with van der Waals surface area (Å²) in [6, 6.07) is 17.1. The standard InChI is InChI=1S/C15H12F3N3O.C15H14F3N3/c1-21-12-6-5-11(20-14(12)19-8-13(21)22)9-3-2-4-10(7-9)15(16,17)18;1-21-8-7-19-14-13(21)6-5-12(20-14)10-3-2-4-11(9-10)15(16,17)18/h2-7H,8H2,1H3,(H,19,20);2-6,9H,7-8H2,1H3,(H,19,20). The number of aromatic nitrogens is 2. The molecular weight excluding hydrogens is 574 g/mol. The second-order valence-electron chi connectivity index (χ2n) is 9.94. The molecular formula is C30H26F6N6O. The number of anilines is 4. The predicted octanol–water partition coefficient (Wildman–Crippen LogP) is 6.78. The van der Waals surface area contributed by atoms with Gasteiger partial charge in [0.05, 0.1) is 40.4 Å². The summed E-state index contributed by atoms with van der Waals surface area (Å²) >= 11 is 0. The van der Waals surface area contributed by atoms with Crippen molar-refractivity contribution in [3.05, 3.63) is 83.9 Å². The maximum Gasteiger partial charge on any atom is 0.416 e. The summed E-state index contributed by atoms with van der Waals surface area (Å²) in [5.41, 5.74) is 1.96. The molecule has 2 aromatic carbocycles. The van der Waals surface area contributed by atoms with E-state index in [1.165, 1.54) is 17.0 Å². The number of benzene rings is 2. The van der Waals surface area contributed by atoms with Crippen LogP contribution in [0.4, 0.5) is 49.4 Å². The number of likely N-dealkylation sites (N-methyl/N-ethyl adjacent to an activating group) is 2. The van der Waals surface area contributed by atoms with E-state index < -0.39 is 23.5 Å². The van der Waals surface area contributed by atoms with Gasteiger partial charge in [0.2, 0.25) is 5.91 Å². The van der Waals surface area contributed by atoms with Crippen LogP contribution in [0.2, 0.25) is 0 Å². The van der Waals surface area contributed by atoms with Crippen molar-refractivity contribution in [2.24, 2.45) is 0 Å². The minimum absolute atomic E-state index is 0.0962. The second kappa shape index (κ2) is 11.5. The van der Waals surface area contributed by atoms with Gasteiger partial charge in [0.1, 0.15) is 5.82 Å². The Morgan fingerprint density at radius 3 is 1.74 bits per heavy atom. The fourth-order valence-corrected chi connectivity index (χ4v) is 4.65. The summed E-state index contributed by atoms with van der Waals surface area (Å²) in [6.45, 7) is 1.75. The first kappa shape index (κ1) is 29.7. The van der Waals surface area contributed by atoms with Gasteiger partial charge in [-0.3, -0.25) is 4.79 Å². The van der Waals surface area contributed by atoms with E-state index in [0.29, 0.717) is 39.8 Å². The van der Waals surface area contributed by atoms with Crippen LogP contribution in [-0.4, -0.2) is 49.6 Å². The Bertz CT molecular complexity index is 1660. The summed E-state index contributed by atoms with van der Waals surface area (Å²) in [4.78, 5) is 23.9. The molecule has 2 aliphatic rings. The van der Waals surface area contributed by atoms with Gasteiger partial charge in [0, 0.05) is 38.3 Å². The summed E-state index contributed by atoms with van der Waals surface area (Å²) in [5, 5.41) is 6.05. The summed E-state index contributed by atoms with van der Waals surface area (Å²) in [7, 11) is 3.60. The average Bonchev–Trinajstić information content (AvgIpc) is 2.98. The van der Waals surface area contributed by atoms with Crippen LogP contribution in [0.25, 0.3) is 22.5 Å². The normalized spacial score (nSPS) is 14.6. The molecule has 224 valence electrons. The Morgan fingerprint density at radius 1 is 0.698 bits per heavy atom. The number of halogens is 6. The van der Waals surface area contributed by atoms with Crippen molar-refractivity contribution >= 4 is 28.9 Å². The zero-order chi connectivity index (χ0) is 30.9. The van der Waals surface area contributed by atoms with Crippen molar-refractivity contribution in [1.82, 2.24) is 9.97 Å². The molecule has 1 amide bonds. The van der Waals surface area contributed by atoms with E-state index >= 15 is 0 Å². The van der Waals surface area contributed by atoms with Gasteiger partial charge in [-0.15, -0.1) is 0 Å². The van der Waals surface area contributed by atoms with Gasteiger partial charge in [-0.1, -0.05) is 24.3 Å². The topological polar surface area (TPSA) is 73.4 Å². The summed E-state index contributed by atoms with van der Waals surface area (Å²) in [5.74, 6) is 1.09. The van der Waals surface area contributed by atoms with Gasteiger partial charge in [0.15, 0.2) is 5.82 Å². The van der Waals surface area contributed by atoms with Gasteiger partial charge < -0.3 is 20.4 Å². The number of hydrogen-bond acceptors (Lipinski definition) is 6. The van der Waals surface area contributed by atoms with Crippen LogP contribution in [0, 0.1) is 0 Å². The fourth-order valence-electron chi connectivity index (χ4n) is 4.65. The molecule has 0 radical (unpaired) electrons. The summed E-state index contributed by atoms with van der Waals surface area (Å²) in [6.07, 6.45) is -8.74. The largest absolute Gasteiger partial charge is 0.416 e. The number of carbonyl (C=O) groups excluding carboxylic acids is 1. The molecule has 6 rings (SSSR count). The Kier molecular flexibility index (Phi) is 7.91. The number of hydrogen-bond donors (Lipinski definition) is 2. The first-order valence-electron chi connectivity index (χ1n) is 13.1. The highest BCUT2D eigenvalue weighted by Crippen LogP contribution is 2.35. The maximum absolute atomic E-state index is 12.8. The highest BCUT2D eigenvalue weighted by molar-refractivity contribution is 6.01. The minimum Gasteiger partial charge on any atom is -0.370 e. The van der Waals surface area contributed by atoms with E-state index in [2.05, 4.69) is 25.5 Å². The van der Waals surface area contributed by atoms with E-state index in [1.54, 1.807) is 37.4 Å². The van der Waals surface area contributed by atoms with Crippen molar-refractivity contribution in [2.75, 3.05) is 54.2 Å². The van der Waals surface area contributed by atoms with Crippen LogP contribution in [0.5, 0.6) is 0 Å².